The maximum Gasteiger partial charge on any atom is 0.341 e. The van der Waals surface area contributed by atoms with E-state index in [0.717, 1.165) is 15.9 Å². The van der Waals surface area contributed by atoms with Crippen molar-refractivity contribution in [1.82, 2.24) is 4.98 Å². The Morgan fingerprint density at radius 2 is 2.35 bits per heavy atom. The third-order valence-electron chi connectivity index (χ3n) is 2.87. The highest BCUT2D eigenvalue weighted by Crippen LogP contribution is 2.22. The largest absolute Gasteiger partial charge is 0.467 e. The molecule has 0 amide bonds. The van der Waals surface area contributed by atoms with E-state index in [9.17, 15) is 4.79 Å². The summed E-state index contributed by atoms with van der Waals surface area (Å²) in [5.74, 6) is 0.279. The molecule has 0 saturated carbocycles. The number of furan rings is 1. The van der Waals surface area contributed by atoms with Crippen LogP contribution in [0, 0.1) is 0 Å². The summed E-state index contributed by atoms with van der Waals surface area (Å²) < 4.78 is 11.1. The van der Waals surface area contributed by atoms with Gasteiger partial charge in [-0.3, -0.25) is 0 Å². The van der Waals surface area contributed by atoms with Gasteiger partial charge in [-0.1, -0.05) is 0 Å². The molecule has 0 spiro atoms. The number of thiazole rings is 1. The van der Waals surface area contributed by atoms with Crippen LogP contribution in [0.3, 0.4) is 0 Å². The number of esters is 1. The van der Waals surface area contributed by atoms with Gasteiger partial charge >= 0.3 is 5.97 Å². The zero-order valence-electron chi connectivity index (χ0n) is 10.8. The Kier molecular flexibility index (Phi) is 3.39. The van der Waals surface area contributed by atoms with E-state index in [4.69, 9.17) is 4.42 Å². The van der Waals surface area contributed by atoms with E-state index in [1.165, 1.54) is 13.4 Å². The third kappa shape index (κ3) is 2.50. The normalized spacial score (nSPS) is 10.7. The first-order chi connectivity index (χ1) is 9.76. The Hall–Kier alpha value is -2.34. The molecule has 102 valence electrons. The summed E-state index contributed by atoms with van der Waals surface area (Å²) >= 11 is 1.60. The van der Waals surface area contributed by atoms with Crippen LogP contribution < -0.4 is 5.32 Å². The number of hydrogen-bond donors (Lipinski definition) is 1. The van der Waals surface area contributed by atoms with Crippen molar-refractivity contribution in [2.75, 3.05) is 12.4 Å². The van der Waals surface area contributed by atoms with Gasteiger partial charge in [-0.05, 0) is 24.3 Å². The van der Waals surface area contributed by atoms with Gasteiger partial charge in [-0.15, -0.1) is 11.3 Å². The lowest BCUT2D eigenvalue weighted by atomic mass is 10.3. The zero-order valence-corrected chi connectivity index (χ0v) is 11.6. The van der Waals surface area contributed by atoms with Crippen molar-refractivity contribution in [3.8, 4) is 0 Å². The minimum atomic E-state index is -0.397. The molecule has 3 aromatic rings. The molecule has 0 aliphatic carbocycles. The average molecular weight is 288 g/mol. The number of benzene rings is 1. The number of methoxy groups -OCH3 is 1. The predicted octanol–water partition coefficient (Wildman–Crippen LogP) is 3.29. The van der Waals surface area contributed by atoms with Crippen LogP contribution in [-0.2, 0) is 11.3 Å². The first kappa shape index (κ1) is 12.7. The van der Waals surface area contributed by atoms with E-state index in [0.29, 0.717) is 17.9 Å². The molecule has 0 aliphatic rings. The van der Waals surface area contributed by atoms with E-state index in [1.807, 2.05) is 23.7 Å². The summed E-state index contributed by atoms with van der Waals surface area (Å²) in [6.45, 7) is 0.501. The third-order valence-corrected chi connectivity index (χ3v) is 3.66. The van der Waals surface area contributed by atoms with E-state index in [2.05, 4.69) is 15.0 Å². The minimum Gasteiger partial charge on any atom is -0.467 e. The molecule has 0 unspecified atom stereocenters. The summed E-state index contributed by atoms with van der Waals surface area (Å²) in [4.78, 5) is 15.5. The molecule has 6 heteroatoms. The van der Waals surface area contributed by atoms with Crippen LogP contribution in [0.2, 0.25) is 0 Å². The summed E-state index contributed by atoms with van der Waals surface area (Å²) in [5.41, 5.74) is 4.22. The maximum absolute atomic E-state index is 11.3. The second-order valence-electron chi connectivity index (χ2n) is 4.18. The van der Waals surface area contributed by atoms with Gasteiger partial charge in [-0.2, -0.15) is 0 Å². The van der Waals surface area contributed by atoms with Crippen molar-refractivity contribution in [2.24, 2.45) is 0 Å². The number of hydrogen-bond acceptors (Lipinski definition) is 6. The maximum atomic E-state index is 11.3. The molecule has 1 N–H and O–H groups in total. The number of fused-ring (bicyclic) bond motifs is 1. The van der Waals surface area contributed by atoms with Gasteiger partial charge in [0, 0.05) is 5.69 Å². The van der Waals surface area contributed by atoms with Crippen molar-refractivity contribution in [3.63, 3.8) is 0 Å². The van der Waals surface area contributed by atoms with Crippen LogP contribution in [-0.4, -0.2) is 18.1 Å². The number of carbonyl (C=O) groups excluding carboxylic acids is 1. The molecular formula is C14H12N2O3S. The first-order valence-electron chi connectivity index (χ1n) is 5.99. The second-order valence-corrected chi connectivity index (χ2v) is 5.07. The van der Waals surface area contributed by atoms with E-state index < -0.39 is 5.97 Å². The molecule has 5 nitrogen and oxygen atoms in total. The Morgan fingerprint density at radius 1 is 1.45 bits per heavy atom. The Bertz CT molecular complexity index is 748. The molecule has 20 heavy (non-hydrogen) atoms. The van der Waals surface area contributed by atoms with Gasteiger partial charge in [0.05, 0.1) is 34.9 Å². The standard InChI is InChI=1S/C14H12N2O3S/c1-18-14(17)9-4-11(19-7-9)6-15-10-2-3-12-13(5-10)20-8-16-12/h2-5,7-8,15H,6H2,1H3. The lowest BCUT2D eigenvalue weighted by molar-refractivity contribution is 0.0600. The minimum absolute atomic E-state index is 0.397. The molecule has 0 fully saturated rings. The summed E-state index contributed by atoms with van der Waals surface area (Å²) in [5, 5.41) is 3.25. The summed E-state index contributed by atoms with van der Waals surface area (Å²) in [6.07, 6.45) is 1.40. The van der Waals surface area contributed by atoms with Crippen LogP contribution in [0.5, 0.6) is 0 Å². The van der Waals surface area contributed by atoms with E-state index >= 15 is 0 Å². The molecule has 3 rings (SSSR count). The fourth-order valence-corrected chi connectivity index (χ4v) is 2.57. The van der Waals surface area contributed by atoms with Gasteiger partial charge in [0.2, 0.25) is 0 Å². The molecule has 0 aliphatic heterocycles. The van der Waals surface area contributed by atoms with Crippen LogP contribution in [0.15, 0.2) is 40.5 Å². The zero-order chi connectivity index (χ0) is 13.9. The van der Waals surface area contributed by atoms with Gasteiger partial charge in [0.15, 0.2) is 0 Å². The predicted molar refractivity (Wildman–Crippen MR) is 77.0 cm³/mol. The number of ether oxygens (including phenoxy) is 1. The topological polar surface area (TPSA) is 64.4 Å². The van der Waals surface area contributed by atoms with Crippen molar-refractivity contribution in [3.05, 3.63) is 47.4 Å². The molecular weight excluding hydrogens is 276 g/mol. The van der Waals surface area contributed by atoms with Crippen LogP contribution in [0.1, 0.15) is 16.1 Å². The molecule has 0 bridgehead atoms. The second kappa shape index (κ2) is 5.34. The van der Waals surface area contributed by atoms with Gasteiger partial charge < -0.3 is 14.5 Å². The number of nitrogens with zero attached hydrogens (tertiary/aromatic N) is 1. The van der Waals surface area contributed by atoms with Gasteiger partial charge in [-0.25, -0.2) is 9.78 Å². The summed E-state index contributed by atoms with van der Waals surface area (Å²) in [7, 11) is 1.34. The van der Waals surface area contributed by atoms with Crippen molar-refractivity contribution < 1.29 is 13.9 Å². The van der Waals surface area contributed by atoms with Crippen molar-refractivity contribution in [1.29, 1.82) is 0 Å². The van der Waals surface area contributed by atoms with Crippen LogP contribution in [0.25, 0.3) is 10.2 Å². The fourth-order valence-electron chi connectivity index (χ4n) is 1.85. The van der Waals surface area contributed by atoms with Crippen LogP contribution in [0.4, 0.5) is 5.69 Å². The molecule has 2 aromatic heterocycles. The van der Waals surface area contributed by atoms with Crippen LogP contribution >= 0.6 is 11.3 Å². The molecule has 1 aromatic carbocycles. The highest BCUT2D eigenvalue weighted by Gasteiger charge is 2.09. The van der Waals surface area contributed by atoms with Gasteiger partial charge in [0.1, 0.15) is 12.0 Å². The highest BCUT2D eigenvalue weighted by atomic mass is 32.1. The average Bonchev–Trinajstić information content (AvgIpc) is 3.12. The quantitative estimate of drug-likeness (QED) is 0.746. The Labute approximate surface area is 119 Å². The number of aromatic nitrogens is 1. The number of nitrogens with one attached hydrogen (secondary N) is 1. The fraction of sp³-hybridized carbons (Fsp3) is 0.143. The van der Waals surface area contributed by atoms with Crippen molar-refractivity contribution in [2.45, 2.75) is 6.54 Å². The first-order valence-corrected chi connectivity index (χ1v) is 6.87. The summed E-state index contributed by atoms with van der Waals surface area (Å²) in [6, 6.07) is 7.64. The monoisotopic (exact) mass is 288 g/mol. The lowest BCUT2D eigenvalue weighted by Crippen LogP contribution is -2.00. The molecule has 2 heterocycles. The lowest BCUT2D eigenvalue weighted by Gasteiger charge is -2.03. The van der Waals surface area contributed by atoms with E-state index in [-0.39, 0.29) is 0 Å². The smallest absolute Gasteiger partial charge is 0.341 e. The Morgan fingerprint density at radius 3 is 3.20 bits per heavy atom. The molecule has 0 radical (unpaired) electrons. The number of carbonyl (C=O) groups is 1. The molecule has 0 saturated heterocycles. The Balaban J connectivity index is 1.69. The molecule has 0 atom stereocenters. The number of rotatable bonds is 4. The number of anilines is 1. The highest BCUT2D eigenvalue weighted by molar-refractivity contribution is 7.16. The van der Waals surface area contributed by atoms with Gasteiger partial charge in [0.25, 0.3) is 0 Å². The van der Waals surface area contributed by atoms with E-state index in [1.54, 1.807) is 17.4 Å². The van der Waals surface area contributed by atoms with Crippen molar-refractivity contribution >= 4 is 33.2 Å². The SMILES string of the molecule is COC(=O)c1coc(CNc2ccc3ncsc3c2)c1.